The maximum atomic E-state index is 12.3. The Kier molecular flexibility index (Phi) is 8.51. The van der Waals surface area contributed by atoms with E-state index in [9.17, 15) is 10.1 Å². The van der Waals surface area contributed by atoms with Crippen LogP contribution in [-0.4, -0.2) is 71.6 Å². The predicted molar refractivity (Wildman–Crippen MR) is 150 cm³/mol. The van der Waals surface area contributed by atoms with E-state index in [1.54, 1.807) is 0 Å². The van der Waals surface area contributed by atoms with Gasteiger partial charge in [0.2, 0.25) is 11.9 Å². The standard InChI is InChI=1S/C29H34N8O2/c1-21-17-25-7-8-26(21)39-16-2-10-31-27(38)9-11-36-12-14-37(15-13-36)20-22-3-5-24(6-4-22)33-28-23(18-30)19-32-29(34-25)35-28/h3-8,17,19H,2,9-16,20H2,1H3,(H,31,38)(H2,32,33,34,35). The number of nitrogens with zero attached hydrogens (tertiary/aromatic N) is 5. The molecule has 3 aromatic rings. The molecule has 6 aliphatic heterocycles. The van der Waals surface area contributed by atoms with Crippen LogP contribution in [0.2, 0.25) is 0 Å². The Morgan fingerprint density at radius 1 is 0.974 bits per heavy atom. The summed E-state index contributed by atoms with van der Waals surface area (Å²) in [6.45, 7) is 8.61. The number of amides is 1. The summed E-state index contributed by atoms with van der Waals surface area (Å²) >= 11 is 0. The van der Waals surface area contributed by atoms with E-state index in [2.05, 4.69) is 53.9 Å². The molecule has 1 aromatic heterocycles. The van der Waals surface area contributed by atoms with E-state index in [4.69, 9.17) is 4.74 Å². The van der Waals surface area contributed by atoms with Gasteiger partial charge in [-0.3, -0.25) is 9.69 Å². The summed E-state index contributed by atoms with van der Waals surface area (Å²) in [7, 11) is 0. The zero-order valence-corrected chi connectivity index (χ0v) is 22.2. The third-order valence-electron chi connectivity index (χ3n) is 6.98. The van der Waals surface area contributed by atoms with Gasteiger partial charge in [0.05, 0.1) is 12.8 Å². The molecule has 1 fully saturated rings. The Hall–Kier alpha value is -4.20. The van der Waals surface area contributed by atoms with E-state index >= 15 is 0 Å². The molecular formula is C29H34N8O2. The number of aromatic nitrogens is 2. The van der Waals surface area contributed by atoms with Crippen LogP contribution in [0, 0.1) is 18.3 Å². The fourth-order valence-corrected chi connectivity index (χ4v) is 4.73. The summed E-state index contributed by atoms with van der Waals surface area (Å²) in [5, 5.41) is 19.1. The maximum absolute atomic E-state index is 12.3. The Labute approximate surface area is 229 Å². The molecule has 1 saturated heterocycles. The second kappa shape index (κ2) is 12.6. The van der Waals surface area contributed by atoms with Crippen molar-refractivity contribution in [3.05, 3.63) is 65.4 Å². The minimum absolute atomic E-state index is 0.0901. The normalized spacial score (nSPS) is 20.3. The number of anilines is 4. The smallest absolute Gasteiger partial charge is 0.229 e. The highest BCUT2D eigenvalue weighted by Crippen LogP contribution is 2.25. The first-order valence-corrected chi connectivity index (χ1v) is 13.4. The first-order chi connectivity index (χ1) is 19.1. The van der Waals surface area contributed by atoms with Crippen molar-refractivity contribution in [2.24, 2.45) is 0 Å². The number of piperazine rings is 1. The van der Waals surface area contributed by atoms with E-state index in [1.165, 1.54) is 11.8 Å². The predicted octanol–water partition coefficient (Wildman–Crippen LogP) is 3.55. The van der Waals surface area contributed by atoms with E-state index in [1.807, 2.05) is 37.3 Å². The molecule has 10 heteroatoms. The summed E-state index contributed by atoms with van der Waals surface area (Å²) in [5.74, 6) is 1.72. The van der Waals surface area contributed by atoms with Crippen LogP contribution in [0.15, 0.2) is 48.7 Å². The van der Waals surface area contributed by atoms with Crippen molar-refractivity contribution in [3.8, 4) is 11.8 Å². The molecule has 9 rings (SSSR count). The lowest BCUT2D eigenvalue weighted by atomic mass is 10.1. The van der Waals surface area contributed by atoms with Gasteiger partial charge < -0.3 is 25.6 Å². The van der Waals surface area contributed by atoms with Crippen molar-refractivity contribution in [2.75, 3.05) is 56.5 Å². The van der Waals surface area contributed by atoms with Crippen LogP contribution >= 0.6 is 0 Å². The van der Waals surface area contributed by atoms with Crippen LogP contribution in [0.4, 0.5) is 23.1 Å². The van der Waals surface area contributed by atoms with Crippen LogP contribution in [0.5, 0.6) is 5.75 Å². The van der Waals surface area contributed by atoms with Gasteiger partial charge in [-0.1, -0.05) is 12.1 Å². The van der Waals surface area contributed by atoms with Gasteiger partial charge in [-0.2, -0.15) is 10.2 Å². The Balaban J connectivity index is 1.34. The Bertz CT molecular complexity index is 1330. The lowest BCUT2D eigenvalue weighted by molar-refractivity contribution is -0.121. The molecule has 3 N–H and O–H groups in total. The van der Waals surface area contributed by atoms with Gasteiger partial charge >= 0.3 is 0 Å². The lowest BCUT2D eigenvalue weighted by Crippen LogP contribution is -2.46. The summed E-state index contributed by atoms with van der Waals surface area (Å²) < 4.78 is 5.94. The van der Waals surface area contributed by atoms with Gasteiger partial charge in [0.25, 0.3) is 0 Å². The van der Waals surface area contributed by atoms with E-state index in [0.29, 0.717) is 36.9 Å². The molecule has 0 aliphatic carbocycles. The van der Waals surface area contributed by atoms with Gasteiger partial charge in [-0.15, -0.1) is 0 Å². The van der Waals surface area contributed by atoms with Gasteiger partial charge in [0, 0.05) is 63.6 Å². The zero-order chi connectivity index (χ0) is 27.0. The molecule has 10 nitrogen and oxygen atoms in total. The largest absolute Gasteiger partial charge is 0.493 e. The molecule has 202 valence electrons. The average Bonchev–Trinajstić information content (AvgIpc) is 2.94. The quantitative estimate of drug-likeness (QED) is 0.404. The van der Waals surface area contributed by atoms with Crippen molar-refractivity contribution in [1.82, 2.24) is 25.1 Å². The number of benzene rings is 2. The van der Waals surface area contributed by atoms with Crippen molar-refractivity contribution in [3.63, 3.8) is 0 Å². The summed E-state index contributed by atoms with van der Waals surface area (Å²) in [5.41, 5.74) is 4.22. The first kappa shape index (κ1) is 26.4. The van der Waals surface area contributed by atoms with Gasteiger partial charge in [0.1, 0.15) is 17.4 Å². The minimum Gasteiger partial charge on any atom is -0.493 e. The molecule has 39 heavy (non-hydrogen) atoms. The van der Waals surface area contributed by atoms with Gasteiger partial charge in [-0.25, -0.2) is 4.98 Å². The van der Waals surface area contributed by atoms with Gasteiger partial charge in [0.15, 0.2) is 5.82 Å². The molecule has 7 heterocycles. The minimum atomic E-state index is 0.0901. The van der Waals surface area contributed by atoms with Crippen LogP contribution in [0.25, 0.3) is 0 Å². The Morgan fingerprint density at radius 3 is 2.51 bits per heavy atom. The molecule has 0 spiro atoms. The first-order valence-electron chi connectivity index (χ1n) is 13.4. The van der Waals surface area contributed by atoms with Crippen LogP contribution in [0.1, 0.15) is 29.5 Å². The van der Waals surface area contributed by atoms with E-state index in [-0.39, 0.29) is 5.91 Å². The number of carbonyl (C=O) groups is 1. The fourth-order valence-electron chi connectivity index (χ4n) is 4.73. The highest BCUT2D eigenvalue weighted by molar-refractivity contribution is 5.76. The number of nitrogens with one attached hydrogen (secondary N) is 3. The Morgan fingerprint density at radius 2 is 1.74 bits per heavy atom. The second-order valence-electron chi connectivity index (χ2n) is 9.91. The van der Waals surface area contributed by atoms with Crippen molar-refractivity contribution >= 4 is 29.0 Å². The van der Waals surface area contributed by atoms with Crippen LogP contribution < -0.4 is 20.7 Å². The molecular weight excluding hydrogens is 492 g/mol. The van der Waals surface area contributed by atoms with Crippen molar-refractivity contribution < 1.29 is 9.53 Å². The average molecular weight is 527 g/mol. The topological polar surface area (TPSA) is 118 Å². The number of fused-ring (bicyclic) bond motifs is 1. The SMILES string of the molecule is Cc1cc2ccc1OCCCNC(=O)CCN1CCN(CC1)Cc1ccc(cc1)Nc1nc(ncc1C#N)N2. The number of ether oxygens (including phenoxy) is 1. The number of carbonyl (C=O) groups excluding carboxylic acids is 1. The molecule has 1 amide bonds. The van der Waals surface area contributed by atoms with Crippen molar-refractivity contribution in [2.45, 2.75) is 26.3 Å². The molecule has 2 aromatic carbocycles. The number of rotatable bonds is 0. The zero-order valence-electron chi connectivity index (χ0n) is 22.2. The highest BCUT2D eigenvalue weighted by Gasteiger charge is 2.18. The maximum Gasteiger partial charge on any atom is 0.229 e. The molecule has 0 saturated carbocycles. The molecule has 0 atom stereocenters. The number of nitriles is 1. The third kappa shape index (κ3) is 7.22. The second-order valence-corrected chi connectivity index (χ2v) is 9.91. The summed E-state index contributed by atoms with van der Waals surface area (Å²) in [4.78, 5) is 26.0. The van der Waals surface area contributed by atoms with Gasteiger partial charge in [-0.05, 0) is 54.8 Å². The van der Waals surface area contributed by atoms with Crippen LogP contribution in [0.3, 0.4) is 0 Å². The monoisotopic (exact) mass is 526 g/mol. The molecule has 8 bridgehead atoms. The number of hydrogen-bond donors (Lipinski definition) is 3. The summed E-state index contributed by atoms with van der Waals surface area (Å²) in [6.07, 6.45) is 2.77. The highest BCUT2D eigenvalue weighted by atomic mass is 16.5. The lowest BCUT2D eigenvalue weighted by Gasteiger charge is -2.34. The third-order valence-corrected chi connectivity index (χ3v) is 6.98. The number of aryl methyl sites for hydroxylation is 1. The molecule has 6 aliphatic rings. The molecule has 0 radical (unpaired) electrons. The van der Waals surface area contributed by atoms with E-state index < -0.39 is 0 Å². The van der Waals surface area contributed by atoms with Crippen molar-refractivity contribution in [1.29, 1.82) is 5.26 Å². The fraction of sp³-hybridized carbons (Fsp3) is 0.379. The van der Waals surface area contributed by atoms with E-state index in [0.717, 1.165) is 68.4 Å². The van der Waals surface area contributed by atoms with Crippen LogP contribution in [-0.2, 0) is 11.3 Å². The molecule has 0 unspecified atom stereocenters. The summed E-state index contributed by atoms with van der Waals surface area (Å²) in [6, 6.07) is 16.2. The number of hydrogen-bond acceptors (Lipinski definition) is 9.